The predicted molar refractivity (Wildman–Crippen MR) is 399 cm³/mol. The number of fused-ring (bicyclic) bond motifs is 1. The third-order valence-corrected chi connectivity index (χ3v) is 20.0. The lowest BCUT2D eigenvalue weighted by molar-refractivity contribution is -0.141. The molecular weight excluding hydrogens is 1320 g/mol. The summed E-state index contributed by atoms with van der Waals surface area (Å²) in [4.78, 5) is 50.4. The molecule has 2 saturated heterocycles. The van der Waals surface area contributed by atoms with Crippen molar-refractivity contribution in [3.63, 3.8) is 0 Å². The molecule has 0 aliphatic carbocycles. The third-order valence-electron chi connectivity index (χ3n) is 16.9. The van der Waals surface area contributed by atoms with Gasteiger partial charge in [0.1, 0.15) is 28.9 Å². The van der Waals surface area contributed by atoms with E-state index in [2.05, 4.69) is 36.3 Å². The molecule has 2 amide bonds. The van der Waals surface area contributed by atoms with Gasteiger partial charge in [-0.2, -0.15) is 10.2 Å². The van der Waals surface area contributed by atoms with Crippen LogP contribution in [0, 0.1) is 17.1 Å². The summed E-state index contributed by atoms with van der Waals surface area (Å²) in [6, 6.07) is 86.8. The van der Waals surface area contributed by atoms with Crippen LogP contribution in [0.1, 0.15) is 88.5 Å². The van der Waals surface area contributed by atoms with Crippen LogP contribution in [0.4, 0.5) is 10.3 Å². The number of nitriles is 1. The molecule has 14 rings (SSSR count). The zero-order valence-electron chi connectivity index (χ0n) is 55.5. The molecule has 510 valence electrons. The van der Waals surface area contributed by atoms with Gasteiger partial charge in [-0.15, -0.1) is 11.8 Å². The highest BCUT2D eigenvalue weighted by Gasteiger charge is 2.39. The highest BCUT2D eigenvalue weighted by molar-refractivity contribution is 7.99. The zero-order valence-corrected chi connectivity index (χ0v) is 57.9. The fourth-order valence-electron chi connectivity index (χ4n) is 11.4. The molecule has 0 bridgehead atoms. The number of aliphatic hydroxyl groups is 2. The Labute approximate surface area is 600 Å². The molecule has 0 saturated carbocycles. The number of amides is 2. The van der Waals surface area contributed by atoms with Gasteiger partial charge in [-0.3, -0.25) is 14.2 Å². The van der Waals surface area contributed by atoms with Gasteiger partial charge in [0.15, 0.2) is 16.0 Å². The summed E-state index contributed by atoms with van der Waals surface area (Å²) in [5, 5.41) is 35.5. The number of rotatable bonds is 21. The van der Waals surface area contributed by atoms with E-state index < -0.39 is 16.6 Å². The Morgan fingerprint density at radius 3 is 1.95 bits per heavy atom. The number of hydrogen-bond acceptors (Lipinski definition) is 15. The second-order valence-corrected chi connectivity index (χ2v) is 27.0. The van der Waals surface area contributed by atoms with Crippen LogP contribution < -0.4 is 5.32 Å². The highest BCUT2D eigenvalue weighted by atomic mass is 32.2. The van der Waals surface area contributed by atoms with Gasteiger partial charge in [-0.1, -0.05) is 248 Å². The summed E-state index contributed by atoms with van der Waals surface area (Å²) in [6.45, 7) is 1.73. The number of thioether (sulfide) groups is 2. The van der Waals surface area contributed by atoms with Crippen molar-refractivity contribution < 1.29 is 33.3 Å². The second-order valence-electron chi connectivity index (χ2n) is 23.9. The molecule has 0 spiro atoms. The van der Waals surface area contributed by atoms with Gasteiger partial charge >= 0.3 is 0 Å². The Morgan fingerprint density at radius 2 is 1.31 bits per heavy atom. The van der Waals surface area contributed by atoms with Crippen molar-refractivity contribution in [1.29, 1.82) is 5.26 Å². The van der Waals surface area contributed by atoms with Crippen LogP contribution in [0.2, 0.25) is 0 Å². The monoisotopic (exact) mass is 1400 g/mol. The Kier molecular flexibility index (Phi) is 26.1. The first-order chi connectivity index (χ1) is 49.5. The smallest absolute Gasteiger partial charge is 0.254 e. The highest BCUT2D eigenvalue weighted by Crippen LogP contribution is 2.39. The van der Waals surface area contributed by atoms with Crippen molar-refractivity contribution in [2.75, 3.05) is 19.7 Å². The molecule has 15 nitrogen and oxygen atoms in total. The molecule has 12 aromatic rings. The lowest BCUT2D eigenvalue weighted by Gasteiger charge is -2.40. The quantitative estimate of drug-likeness (QED) is 0.0265. The predicted octanol–water partition coefficient (Wildman–Crippen LogP) is 17.4. The summed E-state index contributed by atoms with van der Waals surface area (Å²) in [5.74, 6) is 1.79. The zero-order chi connectivity index (χ0) is 69.9. The van der Waals surface area contributed by atoms with Gasteiger partial charge in [-0.25, -0.2) is 24.3 Å². The van der Waals surface area contributed by atoms with Crippen molar-refractivity contribution in [1.82, 2.24) is 34.7 Å². The van der Waals surface area contributed by atoms with Crippen LogP contribution in [0.15, 0.2) is 304 Å². The number of hydrogen-bond donors (Lipinski definition) is 3. The number of carbonyl (C=O) groups excluding carboxylic acids is 2. The van der Waals surface area contributed by atoms with Gasteiger partial charge < -0.3 is 29.6 Å². The van der Waals surface area contributed by atoms with E-state index in [1.807, 2.05) is 229 Å². The van der Waals surface area contributed by atoms with Gasteiger partial charge in [-0.05, 0) is 114 Å². The Balaban J connectivity index is 0.000000138. The fourth-order valence-corrected chi connectivity index (χ4v) is 13.9. The molecule has 3 N–H and O–H groups in total. The van der Waals surface area contributed by atoms with Crippen molar-refractivity contribution in [3.05, 3.63) is 324 Å². The Hall–Kier alpha value is -10.3. The average molecular weight is 1400 g/mol. The molecular formula is C82H76FN9O6S3. The lowest BCUT2D eigenvalue weighted by Crippen LogP contribution is -2.47. The number of ether oxygens (including phenoxy) is 1. The van der Waals surface area contributed by atoms with Gasteiger partial charge in [0.05, 0.1) is 30.0 Å². The number of benzene rings is 9. The average Bonchev–Trinajstić information content (AvgIpc) is 1.63. The van der Waals surface area contributed by atoms with E-state index >= 15 is 0 Å². The molecule has 3 atom stereocenters. The number of piperidine rings is 1. The largest absolute Gasteiger partial charge is 0.417 e. The minimum atomic E-state index is -1.23. The van der Waals surface area contributed by atoms with Gasteiger partial charge in [0.25, 0.3) is 11.8 Å². The van der Waals surface area contributed by atoms with Crippen LogP contribution in [-0.4, -0.2) is 82.7 Å². The fraction of sp³-hybridized carbons (Fsp3) is 0.195. The lowest BCUT2D eigenvalue weighted by atomic mass is 9.82. The number of aromatic nitrogens is 5. The summed E-state index contributed by atoms with van der Waals surface area (Å²) in [6.07, 6.45) is 9.27. The number of oxazole rings is 1. The van der Waals surface area contributed by atoms with E-state index in [1.54, 1.807) is 65.6 Å². The number of likely N-dealkylation sites (tertiary alicyclic amines) is 1. The number of imidazole rings is 1. The van der Waals surface area contributed by atoms with Crippen LogP contribution in [0.3, 0.4) is 0 Å². The van der Waals surface area contributed by atoms with Crippen LogP contribution in [0.5, 0.6) is 0 Å². The maximum Gasteiger partial charge on any atom is 0.254 e. The standard InChI is InChI=1S/C28H31NO3.C22H16N2OS.C16H15FN4OS.C16H14N2OS/c30-26(29-20-18-27(31,19-21-29)24-12-6-2-7-13-24)22-28(32,25-14-8-3-9-15-25)17-16-23-10-4-1-5-11-23;1-4-10-17(11-5-1)16-23-21-22(26-19-14-8-3-9-15-19)24-20(25-21)18-12-6-2-7-13-18;17-12-5-2-1-4-11(12)8-23-16-14-15(18-9-19-16)21(10-20-14)13-6-3-7-22-13;17-11-15(20-12-13-7-3-1-4-8-13)18-16(19)14-9-5-2-6-10-14/h1-15,31-32H,16-22H2;1-16H;1-2,4-5,9-10,13H,3,6-8H2;1-10,15H,12H2,(H,18,19). The van der Waals surface area contributed by atoms with E-state index in [9.17, 15) is 24.2 Å². The summed E-state index contributed by atoms with van der Waals surface area (Å²) >= 11 is 4.42. The molecule has 0 radical (unpaired) electrons. The summed E-state index contributed by atoms with van der Waals surface area (Å²) < 4.78 is 27.3. The van der Waals surface area contributed by atoms with Crippen molar-refractivity contribution in [3.8, 4) is 17.5 Å². The number of aryl methyl sites for hydroxylation is 1. The number of halogens is 1. The van der Waals surface area contributed by atoms with Crippen LogP contribution in [-0.2, 0) is 38.7 Å². The SMILES string of the molecule is C(=Nc1oc(-c2ccccc2)nc1Sc1ccccc1)c1ccccc1.Fc1ccccc1CSc1ncnc2c1ncn2C1CCCO1.N#CC(NC(=O)c1ccccc1)SCc1ccccc1.O=C(CC(O)(CCc1ccccc1)c1ccccc1)N1CCC(O)(c2ccccc2)CC1. The third kappa shape index (κ3) is 20.7. The first kappa shape index (κ1) is 72.0. The van der Waals surface area contributed by atoms with Crippen LogP contribution >= 0.6 is 35.3 Å². The van der Waals surface area contributed by atoms with Crippen molar-refractivity contribution in [2.45, 2.75) is 94.2 Å². The normalized spacial score (nSPS) is 14.7. The van der Waals surface area contributed by atoms with Crippen LogP contribution in [0.25, 0.3) is 22.6 Å². The first-order valence-corrected chi connectivity index (χ1v) is 36.2. The number of carbonyl (C=O) groups is 2. The van der Waals surface area contributed by atoms with E-state index in [4.69, 9.17) is 14.4 Å². The minimum absolute atomic E-state index is 0.000632. The van der Waals surface area contributed by atoms with E-state index in [1.165, 1.54) is 35.9 Å². The maximum atomic E-state index is 13.7. The summed E-state index contributed by atoms with van der Waals surface area (Å²) in [5.41, 5.74) is 6.47. The number of aliphatic imine (C=N–C) groups is 1. The van der Waals surface area contributed by atoms with Crippen molar-refractivity contribution >= 4 is 70.4 Å². The molecule has 9 aromatic carbocycles. The number of nitrogens with one attached hydrogen (secondary N) is 1. The Bertz CT molecular complexity index is 4590. The molecule has 5 heterocycles. The molecule has 19 heteroatoms. The number of nitrogens with zero attached hydrogens (tertiary/aromatic N) is 8. The first-order valence-electron chi connectivity index (χ1n) is 33.3. The van der Waals surface area contributed by atoms with Gasteiger partial charge in [0, 0.05) is 53.4 Å². The molecule has 3 aromatic heterocycles. The second kappa shape index (κ2) is 36.7. The molecule has 2 aliphatic rings. The molecule has 2 fully saturated rings. The molecule has 101 heavy (non-hydrogen) atoms. The van der Waals surface area contributed by atoms with E-state index in [0.717, 1.165) is 78.9 Å². The summed E-state index contributed by atoms with van der Waals surface area (Å²) in [7, 11) is 0. The van der Waals surface area contributed by atoms with E-state index in [-0.39, 0.29) is 30.3 Å². The Morgan fingerprint density at radius 1 is 0.713 bits per heavy atom. The topological polar surface area (TPSA) is 205 Å². The van der Waals surface area contributed by atoms with E-state index in [0.29, 0.717) is 73.2 Å². The molecule has 3 unspecified atom stereocenters. The van der Waals surface area contributed by atoms with Crippen molar-refractivity contribution in [2.24, 2.45) is 4.99 Å². The maximum absolute atomic E-state index is 13.7. The molecule has 2 aliphatic heterocycles. The minimum Gasteiger partial charge on any atom is -0.417 e. The van der Waals surface area contributed by atoms with Gasteiger partial charge in [0.2, 0.25) is 11.8 Å².